The minimum atomic E-state index is -0.174. The van der Waals surface area contributed by atoms with Gasteiger partial charge in [-0.05, 0) is 40.8 Å². The van der Waals surface area contributed by atoms with Crippen molar-refractivity contribution in [3.05, 3.63) is 64.0 Å². The van der Waals surface area contributed by atoms with Crippen molar-refractivity contribution in [2.75, 3.05) is 12.4 Å². The largest absolute Gasteiger partial charge is 0.493 e. The number of fused-ring (bicyclic) bond motifs is 1. The third-order valence-corrected chi connectivity index (χ3v) is 6.45. The first kappa shape index (κ1) is 18.3. The molecule has 0 atom stereocenters. The highest BCUT2D eigenvalue weighted by Crippen LogP contribution is 2.34. The summed E-state index contributed by atoms with van der Waals surface area (Å²) in [5, 5.41) is 3.56. The number of amides is 2. The summed E-state index contributed by atoms with van der Waals surface area (Å²) in [6.07, 6.45) is 0.766. The maximum absolute atomic E-state index is 11.9. The summed E-state index contributed by atoms with van der Waals surface area (Å²) in [6.45, 7) is 0.856. The van der Waals surface area contributed by atoms with E-state index >= 15 is 0 Å². The molecule has 1 aromatic heterocycles. The highest BCUT2D eigenvalue weighted by Gasteiger charge is 2.30. The Morgan fingerprint density at radius 1 is 1.15 bits per heavy atom. The van der Waals surface area contributed by atoms with Crippen LogP contribution < -0.4 is 4.74 Å². The molecule has 27 heavy (non-hydrogen) atoms. The lowest BCUT2D eigenvalue weighted by Gasteiger charge is -2.15. The Hall–Kier alpha value is -2.02. The Morgan fingerprint density at radius 3 is 2.81 bits per heavy atom. The Balaban J connectivity index is 1.49. The van der Waals surface area contributed by atoms with Crippen molar-refractivity contribution in [1.29, 1.82) is 0 Å². The van der Waals surface area contributed by atoms with Gasteiger partial charge in [0.2, 0.25) is 5.91 Å². The number of carbonyl (C=O) groups is 2. The summed E-state index contributed by atoms with van der Waals surface area (Å²) in [7, 11) is 0. The number of thioether (sulfide) groups is 1. The van der Waals surface area contributed by atoms with Gasteiger partial charge in [-0.25, -0.2) is 0 Å². The van der Waals surface area contributed by atoms with Gasteiger partial charge in [-0.3, -0.25) is 14.5 Å². The van der Waals surface area contributed by atoms with Gasteiger partial charge >= 0.3 is 0 Å². The second-order valence-corrected chi connectivity index (χ2v) is 8.43. The smallest absolute Gasteiger partial charge is 0.289 e. The summed E-state index contributed by atoms with van der Waals surface area (Å²) < 4.78 is 7.05. The SMILES string of the molecule is O=C1CSC(=O)N1Cc1ccc(OCCc2cccc(Cl)c2)c2ccsc12. The van der Waals surface area contributed by atoms with Crippen LogP contribution >= 0.6 is 34.7 Å². The monoisotopic (exact) mass is 417 g/mol. The van der Waals surface area contributed by atoms with Crippen LogP contribution in [0.1, 0.15) is 11.1 Å². The average Bonchev–Trinajstić information content (AvgIpc) is 3.26. The molecule has 0 spiro atoms. The van der Waals surface area contributed by atoms with Crippen LogP contribution in [-0.4, -0.2) is 28.4 Å². The molecule has 4 rings (SSSR count). The number of imide groups is 1. The normalized spacial score (nSPS) is 14.3. The van der Waals surface area contributed by atoms with Crippen molar-refractivity contribution < 1.29 is 14.3 Å². The van der Waals surface area contributed by atoms with E-state index in [-0.39, 0.29) is 16.9 Å². The molecule has 7 heteroatoms. The minimum absolute atomic E-state index is 0.128. The second-order valence-electron chi connectivity index (χ2n) is 6.15. The summed E-state index contributed by atoms with van der Waals surface area (Å²) in [4.78, 5) is 25.1. The van der Waals surface area contributed by atoms with Crippen molar-refractivity contribution in [3.63, 3.8) is 0 Å². The molecule has 2 amide bonds. The number of rotatable bonds is 6. The number of halogens is 1. The predicted molar refractivity (Wildman–Crippen MR) is 111 cm³/mol. The first-order valence-corrected chi connectivity index (χ1v) is 10.7. The van der Waals surface area contributed by atoms with Gasteiger partial charge in [0.25, 0.3) is 5.24 Å². The van der Waals surface area contributed by atoms with Crippen LogP contribution in [0.4, 0.5) is 4.79 Å². The van der Waals surface area contributed by atoms with Crippen LogP contribution in [0.15, 0.2) is 47.8 Å². The molecule has 0 radical (unpaired) electrons. The van der Waals surface area contributed by atoms with Crippen LogP contribution in [0, 0.1) is 0 Å². The van der Waals surface area contributed by atoms with Crippen LogP contribution in [0.25, 0.3) is 10.1 Å². The molecule has 1 aliphatic rings. The number of ether oxygens (including phenoxy) is 1. The molecule has 0 saturated carbocycles. The van der Waals surface area contributed by atoms with Crippen molar-refractivity contribution >= 4 is 55.9 Å². The van der Waals surface area contributed by atoms with Gasteiger partial charge in [0.1, 0.15) is 5.75 Å². The fraction of sp³-hybridized carbons (Fsp3) is 0.200. The lowest BCUT2D eigenvalue weighted by atomic mass is 10.1. The Morgan fingerprint density at radius 2 is 2.04 bits per heavy atom. The highest BCUT2D eigenvalue weighted by molar-refractivity contribution is 8.14. The van der Waals surface area contributed by atoms with Gasteiger partial charge < -0.3 is 4.74 Å². The lowest BCUT2D eigenvalue weighted by Crippen LogP contribution is -2.27. The topological polar surface area (TPSA) is 46.6 Å². The molecule has 0 unspecified atom stereocenters. The number of hydrogen-bond donors (Lipinski definition) is 0. The van der Waals surface area contributed by atoms with E-state index in [0.29, 0.717) is 13.2 Å². The summed E-state index contributed by atoms with van der Waals surface area (Å²) in [5.41, 5.74) is 2.09. The first-order chi connectivity index (χ1) is 13.1. The molecule has 138 valence electrons. The fourth-order valence-corrected chi connectivity index (χ4v) is 4.88. The molecule has 2 aromatic carbocycles. The van der Waals surface area contributed by atoms with Gasteiger partial charge in [0, 0.05) is 21.5 Å². The van der Waals surface area contributed by atoms with Crippen LogP contribution in [0.5, 0.6) is 5.75 Å². The van der Waals surface area contributed by atoms with E-state index in [1.54, 1.807) is 11.3 Å². The zero-order chi connectivity index (χ0) is 18.8. The van der Waals surface area contributed by atoms with Crippen molar-refractivity contribution in [3.8, 4) is 5.75 Å². The predicted octanol–water partition coefficient (Wildman–Crippen LogP) is 5.37. The number of thiophene rings is 1. The van der Waals surface area contributed by atoms with Gasteiger partial charge in [0.15, 0.2) is 0 Å². The van der Waals surface area contributed by atoms with E-state index in [1.807, 2.05) is 47.8 Å². The maximum Gasteiger partial charge on any atom is 0.289 e. The number of benzene rings is 2. The van der Waals surface area contributed by atoms with Gasteiger partial charge in [-0.15, -0.1) is 11.3 Å². The van der Waals surface area contributed by atoms with E-state index < -0.39 is 0 Å². The third kappa shape index (κ3) is 3.98. The Kier molecular flexibility index (Phi) is 5.38. The molecule has 0 N–H and O–H groups in total. The molecule has 3 aromatic rings. The van der Waals surface area contributed by atoms with Gasteiger partial charge in [0.05, 0.1) is 18.9 Å². The molecule has 1 saturated heterocycles. The molecular weight excluding hydrogens is 402 g/mol. The quantitative estimate of drug-likeness (QED) is 0.540. The standard InChI is InChI=1S/C20H16ClNO3S2/c21-15-3-1-2-13(10-15)6-8-25-17-5-4-14(19-16(17)7-9-26-19)11-22-18(23)12-27-20(22)24/h1-5,7,9-10H,6,8,11-12H2. The summed E-state index contributed by atoms with van der Waals surface area (Å²) in [5.74, 6) is 0.916. The molecule has 0 bridgehead atoms. The zero-order valence-electron chi connectivity index (χ0n) is 14.3. The van der Waals surface area contributed by atoms with Crippen LogP contribution in [0.3, 0.4) is 0 Å². The van der Waals surface area contributed by atoms with Gasteiger partial charge in [-0.1, -0.05) is 41.6 Å². The average molecular weight is 418 g/mol. The van der Waals surface area contributed by atoms with Crippen molar-refractivity contribution in [2.45, 2.75) is 13.0 Å². The number of nitrogens with zero attached hydrogens (tertiary/aromatic N) is 1. The highest BCUT2D eigenvalue weighted by atomic mass is 35.5. The van der Waals surface area contributed by atoms with Crippen molar-refractivity contribution in [2.24, 2.45) is 0 Å². The molecule has 2 heterocycles. The Bertz CT molecular complexity index is 1000. The van der Waals surface area contributed by atoms with Crippen LogP contribution in [0.2, 0.25) is 5.02 Å². The molecule has 1 aliphatic heterocycles. The lowest BCUT2D eigenvalue weighted by molar-refractivity contribution is -0.124. The van der Waals surface area contributed by atoms with E-state index in [9.17, 15) is 9.59 Å². The molecule has 1 fully saturated rings. The third-order valence-electron chi connectivity index (χ3n) is 4.36. The van der Waals surface area contributed by atoms with E-state index in [0.717, 1.165) is 50.2 Å². The van der Waals surface area contributed by atoms with Crippen molar-refractivity contribution in [1.82, 2.24) is 4.90 Å². The first-order valence-electron chi connectivity index (χ1n) is 8.45. The van der Waals surface area contributed by atoms with Crippen LogP contribution in [-0.2, 0) is 17.8 Å². The number of carbonyl (C=O) groups excluding carboxylic acids is 2. The molecule has 4 nitrogen and oxygen atoms in total. The second kappa shape index (κ2) is 7.92. The maximum atomic E-state index is 11.9. The molecular formula is C20H16ClNO3S2. The van der Waals surface area contributed by atoms with E-state index in [1.165, 1.54) is 4.90 Å². The summed E-state index contributed by atoms with van der Waals surface area (Å²) >= 11 is 8.67. The fourth-order valence-electron chi connectivity index (χ4n) is 3.02. The summed E-state index contributed by atoms with van der Waals surface area (Å²) in [6, 6.07) is 13.6. The number of hydrogen-bond acceptors (Lipinski definition) is 5. The zero-order valence-corrected chi connectivity index (χ0v) is 16.7. The van der Waals surface area contributed by atoms with Gasteiger partial charge in [-0.2, -0.15) is 0 Å². The Labute approximate surface area is 170 Å². The van der Waals surface area contributed by atoms with E-state index in [2.05, 4.69) is 0 Å². The van der Waals surface area contributed by atoms with E-state index in [4.69, 9.17) is 16.3 Å². The minimum Gasteiger partial charge on any atom is -0.493 e. The molecule has 0 aliphatic carbocycles.